The van der Waals surface area contributed by atoms with Crippen LogP contribution in [-0.4, -0.2) is 42.3 Å². The molecule has 1 N–H and O–H groups in total. The van der Waals surface area contributed by atoms with E-state index in [9.17, 15) is 4.79 Å². The summed E-state index contributed by atoms with van der Waals surface area (Å²) in [7, 11) is 1.64. The fraction of sp³-hybridized carbons (Fsp3) is 0.355. The number of aromatic nitrogens is 2. The van der Waals surface area contributed by atoms with Gasteiger partial charge in [-0.2, -0.15) is 0 Å². The summed E-state index contributed by atoms with van der Waals surface area (Å²) in [6, 6.07) is 23.6. The van der Waals surface area contributed by atoms with E-state index in [1.54, 1.807) is 7.11 Å². The largest absolute Gasteiger partial charge is 0.497 e. The van der Waals surface area contributed by atoms with Crippen LogP contribution in [0, 0.1) is 0 Å². The number of imidazole rings is 1. The molecule has 0 bridgehead atoms. The van der Waals surface area contributed by atoms with Crippen LogP contribution in [0.15, 0.2) is 72.8 Å². The molecule has 1 amide bonds. The molecule has 0 spiro atoms. The van der Waals surface area contributed by atoms with Crippen molar-refractivity contribution in [2.24, 2.45) is 0 Å². The Balaban J connectivity index is 1.24. The van der Waals surface area contributed by atoms with E-state index in [0.717, 1.165) is 65.4 Å². The molecule has 0 saturated heterocycles. The maximum absolute atomic E-state index is 12.3. The third kappa shape index (κ3) is 7.51. The Hall–Kier alpha value is -4.00. The van der Waals surface area contributed by atoms with Crippen molar-refractivity contribution < 1.29 is 19.0 Å². The number of unbranched alkanes of at least 4 members (excludes halogenated alkanes) is 2. The van der Waals surface area contributed by atoms with Crippen LogP contribution in [0.3, 0.4) is 0 Å². The number of carbonyl (C=O) groups excluding carboxylic acids is 1. The maximum Gasteiger partial charge on any atom is 0.224 e. The monoisotopic (exact) mass is 515 g/mol. The van der Waals surface area contributed by atoms with Gasteiger partial charge >= 0.3 is 0 Å². The molecule has 1 aromatic heterocycles. The highest BCUT2D eigenvalue weighted by molar-refractivity contribution is 5.78. The van der Waals surface area contributed by atoms with E-state index >= 15 is 0 Å². The van der Waals surface area contributed by atoms with Crippen LogP contribution in [0.1, 0.15) is 37.6 Å². The first kappa shape index (κ1) is 27.0. The molecule has 200 valence electrons. The topological polar surface area (TPSA) is 74.6 Å². The minimum atomic E-state index is 0.0443. The number of ether oxygens (including phenoxy) is 3. The molecule has 4 rings (SSSR count). The third-order valence-corrected chi connectivity index (χ3v) is 6.38. The molecule has 7 nitrogen and oxygen atoms in total. The van der Waals surface area contributed by atoms with Crippen molar-refractivity contribution >= 4 is 16.9 Å². The number of rotatable bonds is 15. The normalized spacial score (nSPS) is 10.9. The molecule has 4 aromatic rings. The zero-order chi connectivity index (χ0) is 26.6. The van der Waals surface area contributed by atoms with Gasteiger partial charge in [0.1, 0.15) is 18.2 Å². The van der Waals surface area contributed by atoms with Gasteiger partial charge in [-0.15, -0.1) is 0 Å². The van der Waals surface area contributed by atoms with Gasteiger partial charge in [-0.05, 0) is 61.7 Å². The Bertz CT molecular complexity index is 1300. The minimum Gasteiger partial charge on any atom is -0.497 e. The molecule has 3 aromatic carbocycles. The molecule has 0 saturated carbocycles. The molecular formula is C31H37N3O4. The number of hydrogen-bond donors (Lipinski definition) is 1. The molecule has 0 radical (unpaired) electrons. The van der Waals surface area contributed by atoms with Gasteiger partial charge in [0.15, 0.2) is 11.5 Å². The molecule has 0 aliphatic heterocycles. The summed E-state index contributed by atoms with van der Waals surface area (Å²) in [5.41, 5.74) is 3.10. The van der Waals surface area contributed by atoms with Gasteiger partial charge in [0.2, 0.25) is 5.91 Å². The number of hydrogen-bond acceptors (Lipinski definition) is 5. The van der Waals surface area contributed by atoms with Crippen LogP contribution in [-0.2, 0) is 24.2 Å². The molecule has 1 heterocycles. The van der Waals surface area contributed by atoms with Gasteiger partial charge in [-0.25, -0.2) is 4.98 Å². The maximum atomic E-state index is 12.3. The van der Waals surface area contributed by atoms with Crippen molar-refractivity contribution in [1.82, 2.24) is 14.9 Å². The van der Waals surface area contributed by atoms with Gasteiger partial charge in [-0.1, -0.05) is 42.8 Å². The number of methoxy groups -OCH3 is 1. The smallest absolute Gasteiger partial charge is 0.224 e. The van der Waals surface area contributed by atoms with E-state index in [0.29, 0.717) is 32.7 Å². The van der Waals surface area contributed by atoms with Gasteiger partial charge in [0.05, 0.1) is 37.7 Å². The zero-order valence-electron chi connectivity index (χ0n) is 22.3. The van der Waals surface area contributed by atoms with Crippen LogP contribution < -0.4 is 19.5 Å². The van der Waals surface area contributed by atoms with Crippen LogP contribution in [0.25, 0.3) is 11.0 Å². The van der Waals surface area contributed by atoms with Crippen molar-refractivity contribution in [3.05, 3.63) is 84.2 Å². The lowest BCUT2D eigenvalue weighted by atomic mass is 10.1. The molecular weight excluding hydrogens is 478 g/mol. The van der Waals surface area contributed by atoms with Gasteiger partial charge in [0.25, 0.3) is 0 Å². The minimum absolute atomic E-state index is 0.0443. The first-order valence-corrected chi connectivity index (χ1v) is 13.4. The standard InChI is InChI=1S/C31H37N3O4/c1-3-37-28-13-8-9-14-29(28)38-22-21-34-27-12-7-6-11-26(27)33-30(34)15-5-4-10-20-32-31(35)23-24-16-18-25(36-2)19-17-24/h6-9,11-14,16-19H,3-5,10,15,20-23H2,1-2H3,(H,32,35). The number of para-hydroxylation sites is 4. The van der Waals surface area contributed by atoms with Gasteiger partial charge in [0, 0.05) is 13.0 Å². The molecule has 0 fully saturated rings. The Morgan fingerprint density at radius 1 is 0.895 bits per heavy atom. The third-order valence-electron chi connectivity index (χ3n) is 6.38. The number of amides is 1. The highest BCUT2D eigenvalue weighted by atomic mass is 16.5. The van der Waals surface area contributed by atoms with Crippen molar-refractivity contribution in [2.75, 3.05) is 26.9 Å². The van der Waals surface area contributed by atoms with Crippen molar-refractivity contribution in [1.29, 1.82) is 0 Å². The molecule has 0 atom stereocenters. The molecule has 0 unspecified atom stereocenters. The summed E-state index contributed by atoms with van der Waals surface area (Å²) in [4.78, 5) is 17.1. The lowest BCUT2D eigenvalue weighted by molar-refractivity contribution is -0.120. The molecule has 38 heavy (non-hydrogen) atoms. The molecule has 0 aliphatic carbocycles. The summed E-state index contributed by atoms with van der Waals surface area (Å²) in [6.45, 7) is 4.48. The van der Waals surface area contributed by atoms with Crippen LogP contribution in [0.4, 0.5) is 0 Å². The summed E-state index contributed by atoms with van der Waals surface area (Å²) < 4.78 is 19.2. The van der Waals surface area contributed by atoms with E-state index in [2.05, 4.69) is 22.0 Å². The van der Waals surface area contributed by atoms with E-state index in [-0.39, 0.29) is 5.91 Å². The lowest BCUT2D eigenvalue weighted by Gasteiger charge is -2.13. The van der Waals surface area contributed by atoms with E-state index in [1.165, 1.54) is 0 Å². The average Bonchev–Trinajstić information content (AvgIpc) is 3.29. The number of aryl methyl sites for hydroxylation is 1. The predicted molar refractivity (Wildman–Crippen MR) is 150 cm³/mol. The fourth-order valence-electron chi connectivity index (χ4n) is 4.46. The van der Waals surface area contributed by atoms with Crippen LogP contribution in [0.5, 0.6) is 17.2 Å². The van der Waals surface area contributed by atoms with Crippen molar-refractivity contribution in [3.63, 3.8) is 0 Å². The Morgan fingerprint density at radius 2 is 1.63 bits per heavy atom. The van der Waals surface area contributed by atoms with Crippen molar-refractivity contribution in [3.8, 4) is 17.2 Å². The molecule has 0 aliphatic rings. The molecule has 7 heteroatoms. The number of nitrogens with zero attached hydrogens (tertiary/aromatic N) is 2. The average molecular weight is 516 g/mol. The van der Waals surface area contributed by atoms with Crippen LogP contribution in [0.2, 0.25) is 0 Å². The second-order valence-corrected chi connectivity index (χ2v) is 9.08. The van der Waals surface area contributed by atoms with Crippen LogP contribution >= 0.6 is 0 Å². The number of fused-ring (bicyclic) bond motifs is 1. The highest BCUT2D eigenvalue weighted by Gasteiger charge is 2.11. The second kappa shape index (κ2) is 14.1. The van der Waals surface area contributed by atoms with E-state index in [1.807, 2.05) is 67.6 Å². The SMILES string of the molecule is CCOc1ccccc1OCCn1c(CCCCCNC(=O)Cc2ccc(OC)cc2)nc2ccccc21. The summed E-state index contributed by atoms with van der Waals surface area (Å²) >= 11 is 0. The summed E-state index contributed by atoms with van der Waals surface area (Å²) in [5, 5.41) is 3.03. The second-order valence-electron chi connectivity index (χ2n) is 9.08. The zero-order valence-corrected chi connectivity index (χ0v) is 22.3. The quantitative estimate of drug-likeness (QED) is 0.209. The number of carbonyl (C=O) groups is 1. The Morgan fingerprint density at radius 3 is 2.39 bits per heavy atom. The number of nitrogens with one attached hydrogen (secondary N) is 1. The first-order chi connectivity index (χ1) is 18.7. The predicted octanol–water partition coefficient (Wildman–Crippen LogP) is 5.59. The Kier molecular flexibility index (Phi) is 10.0. The Labute approximate surface area is 224 Å². The fourth-order valence-corrected chi connectivity index (χ4v) is 4.46. The van der Waals surface area contributed by atoms with Gasteiger partial charge in [-0.3, -0.25) is 4.79 Å². The summed E-state index contributed by atoms with van der Waals surface area (Å²) in [5.74, 6) is 3.43. The van der Waals surface area contributed by atoms with Crippen molar-refractivity contribution in [2.45, 2.75) is 45.6 Å². The summed E-state index contributed by atoms with van der Waals surface area (Å²) in [6.07, 6.45) is 4.22. The van der Waals surface area contributed by atoms with E-state index in [4.69, 9.17) is 19.2 Å². The van der Waals surface area contributed by atoms with Gasteiger partial charge < -0.3 is 24.1 Å². The highest BCUT2D eigenvalue weighted by Crippen LogP contribution is 2.26. The van der Waals surface area contributed by atoms with E-state index < -0.39 is 0 Å². The lowest BCUT2D eigenvalue weighted by Crippen LogP contribution is -2.26. The first-order valence-electron chi connectivity index (χ1n) is 13.4. The number of benzene rings is 3.